The van der Waals surface area contributed by atoms with Crippen molar-refractivity contribution in [3.05, 3.63) is 29.6 Å². The molecule has 5 heteroatoms. The van der Waals surface area contributed by atoms with Gasteiger partial charge in [-0.25, -0.2) is 9.66 Å². The van der Waals surface area contributed by atoms with Crippen LogP contribution in [0.15, 0.2) is 18.2 Å². The molecule has 0 amide bonds. The summed E-state index contributed by atoms with van der Waals surface area (Å²) in [4.78, 5) is 4.70. The lowest BCUT2D eigenvalue weighted by Gasteiger charge is -2.32. The quantitative estimate of drug-likeness (QED) is 0.792. The maximum Gasteiger partial charge on any atom is 0.146 e. The van der Waals surface area contributed by atoms with Gasteiger partial charge in [0.05, 0.1) is 42.7 Å². The minimum absolute atomic E-state index is 0.116. The van der Waals surface area contributed by atoms with Gasteiger partial charge < -0.3 is 9.75 Å². The summed E-state index contributed by atoms with van der Waals surface area (Å²) in [5.41, 5.74) is 3.39. The van der Waals surface area contributed by atoms with Crippen molar-refractivity contribution < 1.29 is 4.74 Å². The number of alkyl halides is 1. The number of aromatic nitrogens is 2. The highest BCUT2D eigenvalue weighted by atomic mass is 35.5. The number of aryl methyl sites for hydroxylation is 1. The molecule has 19 heavy (non-hydrogen) atoms. The lowest BCUT2D eigenvalue weighted by Crippen LogP contribution is -2.44. The predicted molar refractivity (Wildman–Crippen MR) is 77.5 cm³/mol. The summed E-state index contributed by atoms with van der Waals surface area (Å²) in [7, 11) is 0. The van der Waals surface area contributed by atoms with Crippen molar-refractivity contribution in [2.24, 2.45) is 0 Å². The lowest BCUT2D eigenvalue weighted by molar-refractivity contribution is 0.111. The van der Waals surface area contributed by atoms with Crippen LogP contribution in [0.4, 0.5) is 0 Å². The van der Waals surface area contributed by atoms with E-state index in [1.165, 1.54) is 5.56 Å². The van der Waals surface area contributed by atoms with Gasteiger partial charge in [-0.2, -0.15) is 0 Å². The highest BCUT2D eigenvalue weighted by Crippen LogP contribution is 2.27. The molecule has 1 saturated heterocycles. The molecule has 1 fully saturated rings. The molecule has 4 nitrogen and oxygen atoms in total. The minimum Gasteiger partial charge on any atom is -0.378 e. The normalized spacial score (nSPS) is 17.9. The van der Waals surface area contributed by atoms with Crippen molar-refractivity contribution in [1.82, 2.24) is 9.66 Å². The third kappa shape index (κ3) is 2.19. The molecular formula is C14H18ClN3O. The van der Waals surface area contributed by atoms with Crippen LogP contribution in [0.25, 0.3) is 11.0 Å². The highest BCUT2D eigenvalue weighted by Gasteiger charge is 2.22. The molecule has 1 aliphatic rings. The van der Waals surface area contributed by atoms with E-state index in [2.05, 4.69) is 22.7 Å². The number of morpholine rings is 1. The first-order valence-corrected chi connectivity index (χ1v) is 7.07. The van der Waals surface area contributed by atoms with Crippen molar-refractivity contribution in [3.63, 3.8) is 0 Å². The molecule has 0 radical (unpaired) electrons. The second kappa shape index (κ2) is 5.02. The number of imidazole rings is 1. The molecule has 1 aliphatic heterocycles. The number of benzene rings is 1. The van der Waals surface area contributed by atoms with Crippen molar-refractivity contribution in [2.45, 2.75) is 19.2 Å². The van der Waals surface area contributed by atoms with Crippen LogP contribution in [0.1, 0.15) is 23.7 Å². The van der Waals surface area contributed by atoms with Gasteiger partial charge in [0.2, 0.25) is 0 Å². The SMILES string of the molecule is Cc1cccc2nc(C(C)Cl)n(N3CCOCC3)c12. The fraction of sp³-hybridized carbons (Fsp3) is 0.500. The molecule has 0 aliphatic carbocycles. The van der Waals surface area contributed by atoms with E-state index in [-0.39, 0.29) is 5.38 Å². The third-order valence-corrected chi connectivity index (χ3v) is 3.70. The van der Waals surface area contributed by atoms with Gasteiger partial charge in [-0.3, -0.25) is 0 Å². The Morgan fingerprint density at radius 3 is 2.74 bits per heavy atom. The first-order chi connectivity index (χ1) is 9.18. The maximum atomic E-state index is 6.31. The van der Waals surface area contributed by atoms with E-state index in [0.717, 1.165) is 43.2 Å². The second-order valence-electron chi connectivity index (χ2n) is 4.91. The van der Waals surface area contributed by atoms with Crippen LogP contribution in [-0.4, -0.2) is 36.0 Å². The topological polar surface area (TPSA) is 30.3 Å². The number of ether oxygens (including phenoxy) is 1. The Hall–Kier alpha value is -1.26. The van der Waals surface area contributed by atoms with Crippen LogP contribution < -0.4 is 5.01 Å². The van der Waals surface area contributed by atoms with Gasteiger partial charge in [-0.1, -0.05) is 12.1 Å². The molecule has 0 saturated carbocycles. The van der Waals surface area contributed by atoms with E-state index in [1.54, 1.807) is 0 Å². The Kier molecular flexibility index (Phi) is 3.37. The van der Waals surface area contributed by atoms with E-state index < -0.39 is 0 Å². The molecule has 1 unspecified atom stereocenters. The van der Waals surface area contributed by atoms with Gasteiger partial charge in [0.15, 0.2) is 0 Å². The molecule has 102 valence electrons. The Morgan fingerprint density at radius 2 is 2.05 bits per heavy atom. The molecule has 1 aromatic carbocycles. The Bertz CT molecular complexity index is 588. The fourth-order valence-electron chi connectivity index (χ4n) is 2.59. The summed E-state index contributed by atoms with van der Waals surface area (Å²) < 4.78 is 7.62. The summed E-state index contributed by atoms with van der Waals surface area (Å²) in [6.45, 7) is 7.33. The van der Waals surface area contributed by atoms with Crippen LogP contribution in [0.5, 0.6) is 0 Å². The van der Waals surface area contributed by atoms with Crippen molar-refractivity contribution in [1.29, 1.82) is 0 Å². The Labute approximate surface area is 117 Å². The zero-order valence-electron chi connectivity index (χ0n) is 11.3. The second-order valence-corrected chi connectivity index (χ2v) is 5.56. The number of hydrogen-bond donors (Lipinski definition) is 0. The third-order valence-electron chi connectivity index (χ3n) is 3.51. The van der Waals surface area contributed by atoms with Crippen LogP contribution in [-0.2, 0) is 4.74 Å². The summed E-state index contributed by atoms with van der Waals surface area (Å²) in [5.74, 6) is 0.910. The minimum atomic E-state index is -0.116. The standard InChI is InChI=1S/C14H18ClN3O/c1-10-4-3-5-12-13(10)18(14(16-12)11(2)15)17-6-8-19-9-7-17/h3-5,11H,6-9H2,1-2H3. The van der Waals surface area contributed by atoms with Crippen molar-refractivity contribution >= 4 is 22.6 Å². The van der Waals surface area contributed by atoms with Gasteiger partial charge in [0.1, 0.15) is 5.82 Å². The average molecular weight is 280 g/mol. The predicted octanol–water partition coefficient (Wildman–Crippen LogP) is 2.61. The van der Waals surface area contributed by atoms with Crippen molar-refractivity contribution in [3.8, 4) is 0 Å². The smallest absolute Gasteiger partial charge is 0.146 e. The molecular weight excluding hydrogens is 262 g/mol. The zero-order chi connectivity index (χ0) is 13.4. The fourth-order valence-corrected chi connectivity index (χ4v) is 2.73. The number of rotatable bonds is 2. The number of nitrogens with zero attached hydrogens (tertiary/aromatic N) is 3. The Morgan fingerprint density at radius 1 is 1.32 bits per heavy atom. The van der Waals surface area contributed by atoms with Crippen LogP contribution in [0.3, 0.4) is 0 Å². The molecule has 0 bridgehead atoms. The number of hydrogen-bond acceptors (Lipinski definition) is 3. The molecule has 2 heterocycles. The molecule has 1 atom stereocenters. The summed E-state index contributed by atoms with van der Waals surface area (Å²) in [6, 6.07) is 6.20. The van der Waals surface area contributed by atoms with Crippen LogP contribution in [0.2, 0.25) is 0 Å². The number of para-hydroxylation sites is 1. The van der Waals surface area contributed by atoms with E-state index in [4.69, 9.17) is 21.3 Å². The van der Waals surface area contributed by atoms with Crippen LogP contribution >= 0.6 is 11.6 Å². The average Bonchev–Trinajstić information content (AvgIpc) is 2.81. The van der Waals surface area contributed by atoms with E-state index in [1.807, 2.05) is 19.1 Å². The first kappa shape index (κ1) is 12.8. The highest BCUT2D eigenvalue weighted by molar-refractivity contribution is 6.20. The van der Waals surface area contributed by atoms with Gasteiger partial charge >= 0.3 is 0 Å². The van der Waals surface area contributed by atoms with Gasteiger partial charge in [-0.15, -0.1) is 11.6 Å². The molecule has 2 aromatic rings. The van der Waals surface area contributed by atoms with Crippen LogP contribution in [0, 0.1) is 6.92 Å². The maximum absolute atomic E-state index is 6.31. The number of fused-ring (bicyclic) bond motifs is 1. The first-order valence-electron chi connectivity index (χ1n) is 6.63. The molecule has 0 spiro atoms. The summed E-state index contributed by atoms with van der Waals surface area (Å²) in [5, 5.41) is 2.16. The van der Waals surface area contributed by atoms with E-state index in [0.29, 0.717) is 0 Å². The molecule has 3 rings (SSSR count). The van der Waals surface area contributed by atoms with E-state index in [9.17, 15) is 0 Å². The lowest BCUT2D eigenvalue weighted by atomic mass is 10.2. The molecule has 1 aromatic heterocycles. The van der Waals surface area contributed by atoms with E-state index >= 15 is 0 Å². The zero-order valence-corrected chi connectivity index (χ0v) is 12.0. The number of halogens is 1. The monoisotopic (exact) mass is 279 g/mol. The van der Waals surface area contributed by atoms with Gasteiger partial charge in [0.25, 0.3) is 0 Å². The largest absolute Gasteiger partial charge is 0.378 e. The molecule has 0 N–H and O–H groups in total. The van der Waals surface area contributed by atoms with Crippen molar-refractivity contribution in [2.75, 3.05) is 31.3 Å². The van der Waals surface area contributed by atoms with Gasteiger partial charge in [0, 0.05) is 0 Å². The summed E-state index contributed by atoms with van der Waals surface area (Å²) >= 11 is 6.31. The Balaban J connectivity index is 2.20. The van der Waals surface area contributed by atoms with Gasteiger partial charge in [-0.05, 0) is 25.5 Å². The summed E-state index contributed by atoms with van der Waals surface area (Å²) in [6.07, 6.45) is 0.